The first-order valence-corrected chi connectivity index (χ1v) is 6.84. The van der Waals surface area contributed by atoms with Crippen molar-refractivity contribution in [1.29, 1.82) is 0 Å². The molecule has 1 N–H and O–H groups in total. The van der Waals surface area contributed by atoms with Crippen molar-refractivity contribution in [3.8, 4) is 0 Å². The van der Waals surface area contributed by atoms with Gasteiger partial charge in [-0.3, -0.25) is 9.13 Å². The molecular formula is C11H17N5OS. The van der Waals surface area contributed by atoms with E-state index in [2.05, 4.69) is 21.8 Å². The van der Waals surface area contributed by atoms with E-state index >= 15 is 0 Å². The molecule has 0 radical (unpaired) electrons. The second-order valence-electron chi connectivity index (χ2n) is 3.97. The highest BCUT2D eigenvalue weighted by molar-refractivity contribution is 7.10. The third kappa shape index (κ3) is 2.61. The van der Waals surface area contributed by atoms with E-state index in [-0.39, 0.29) is 5.69 Å². The van der Waals surface area contributed by atoms with Crippen molar-refractivity contribution in [2.75, 3.05) is 11.9 Å². The summed E-state index contributed by atoms with van der Waals surface area (Å²) in [6, 6.07) is 0. The van der Waals surface area contributed by atoms with Gasteiger partial charge in [0.15, 0.2) is 0 Å². The molecule has 0 saturated carbocycles. The highest BCUT2D eigenvalue weighted by Gasteiger charge is 2.10. The van der Waals surface area contributed by atoms with Gasteiger partial charge in [0, 0.05) is 37.0 Å². The Labute approximate surface area is 109 Å². The van der Waals surface area contributed by atoms with Crippen molar-refractivity contribution in [2.45, 2.75) is 33.4 Å². The number of hydrogen-bond acceptors (Lipinski definition) is 5. The van der Waals surface area contributed by atoms with Gasteiger partial charge in [-0.1, -0.05) is 11.4 Å². The maximum Gasteiger partial charge on any atom is 0.328 e. The minimum Gasteiger partial charge on any atom is -0.374 e. The van der Waals surface area contributed by atoms with Crippen LogP contribution in [0.4, 0.5) is 5.00 Å². The normalized spacial score (nSPS) is 10.8. The van der Waals surface area contributed by atoms with Crippen molar-refractivity contribution < 1.29 is 0 Å². The Morgan fingerprint density at radius 1 is 1.33 bits per heavy atom. The van der Waals surface area contributed by atoms with E-state index in [1.165, 1.54) is 11.5 Å². The van der Waals surface area contributed by atoms with Crippen LogP contribution in [0.1, 0.15) is 26.0 Å². The number of nitrogens with zero attached hydrogens (tertiary/aromatic N) is 4. The summed E-state index contributed by atoms with van der Waals surface area (Å²) >= 11 is 1.33. The molecule has 0 aliphatic carbocycles. The highest BCUT2D eigenvalue weighted by Crippen LogP contribution is 2.18. The highest BCUT2D eigenvalue weighted by atomic mass is 32.1. The Hall–Kier alpha value is -1.63. The molecule has 0 unspecified atom stereocenters. The van der Waals surface area contributed by atoms with Gasteiger partial charge in [-0.05, 0) is 13.3 Å². The first kappa shape index (κ1) is 12.8. The summed E-state index contributed by atoms with van der Waals surface area (Å²) in [5, 5.41) is 8.30. The minimum absolute atomic E-state index is 0.00746. The monoisotopic (exact) mass is 267 g/mol. The summed E-state index contributed by atoms with van der Waals surface area (Å²) < 4.78 is 7.25. The van der Waals surface area contributed by atoms with E-state index < -0.39 is 0 Å². The largest absolute Gasteiger partial charge is 0.374 e. The van der Waals surface area contributed by atoms with Crippen LogP contribution in [0.2, 0.25) is 0 Å². The van der Waals surface area contributed by atoms with E-state index in [4.69, 9.17) is 0 Å². The van der Waals surface area contributed by atoms with Gasteiger partial charge in [-0.25, -0.2) is 4.79 Å². The number of aryl methyl sites for hydroxylation is 1. The Kier molecular flexibility index (Phi) is 4.14. The van der Waals surface area contributed by atoms with Gasteiger partial charge >= 0.3 is 5.69 Å². The Balaban J connectivity index is 2.15. The van der Waals surface area contributed by atoms with Crippen LogP contribution in [0.25, 0.3) is 0 Å². The average molecular weight is 267 g/mol. The first-order valence-electron chi connectivity index (χ1n) is 6.07. The number of hydrogen-bond donors (Lipinski definition) is 1. The maximum absolute atomic E-state index is 11.9. The molecule has 2 heterocycles. The summed E-state index contributed by atoms with van der Waals surface area (Å²) in [5.74, 6) is 0. The van der Waals surface area contributed by atoms with Crippen LogP contribution < -0.4 is 11.0 Å². The van der Waals surface area contributed by atoms with Gasteiger partial charge in [0.25, 0.3) is 0 Å². The van der Waals surface area contributed by atoms with Gasteiger partial charge in [0.05, 0.1) is 6.54 Å². The van der Waals surface area contributed by atoms with E-state index in [1.807, 2.05) is 6.92 Å². The number of aromatic nitrogens is 4. The third-order valence-corrected chi connectivity index (χ3v) is 3.40. The van der Waals surface area contributed by atoms with Gasteiger partial charge in [0.1, 0.15) is 10.7 Å². The summed E-state index contributed by atoms with van der Waals surface area (Å²) in [7, 11) is 0. The molecule has 2 rings (SSSR count). The standard InChI is InChI=1S/C11H17N5OS/c1-3-5-12-10-9(13-14-18-10)8-16-7-6-15(4-2)11(16)17/h6-7,12H,3-5,8H2,1-2H3. The van der Waals surface area contributed by atoms with Crippen LogP contribution in [0, 0.1) is 0 Å². The zero-order chi connectivity index (χ0) is 13.0. The van der Waals surface area contributed by atoms with Crippen LogP contribution in [-0.2, 0) is 13.1 Å². The molecule has 98 valence electrons. The summed E-state index contributed by atoms with van der Waals surface area (Å²) in [6.07, 6.45) is 4.62. The van der Waals surface area contributed by atoms with Crippen LogP contribution in [0.3, 0.4) is 0 Å². The van der Waals surface area contributed by atoms with Crippen molar-refractivity contribution in [1.82, 2.24) is 18.7 Å². The van der Waals surface area contributed by atoms with E-state index in [0.29, 0.717) is 13.1 Å². The molecule has 0 spiro atoms. The number of imidazole rings is 1. The minimum atomic E-state index is -0.00746. The molecule has 6 nitrogen and oxygen atoms in total. The molecule has 0 aliphatic rings. The Morgan fingerprint density at radius 2 is 2.11 bits per heavy atom. The zero-order valence-corrected chi connectivity index (χ0v) is 11.4. The second kappa shape index (κ2) is 5.81. The fourth-order valence-corrected chi connectivity index (χ4v) is 2.26. The lowest BCUT2D eigenvalue weighted by molar-refractivity contribution is 0.661. The van der Waals surface area contributed by atoms with E-state index in [9.17, 15) is 4.79 Å². The fraction of sp³-hybridized carbons (Fsp3) is 0.545. The molecule has 7 heteroatoms. The lowest BCUT2D eigenvalue weighted by Gasteiger charge is -2.03. The molecule has 0 aliphatic heterocycles. The summed E-state index contributed by atoms with van der Waals surface area (Å²) in [5.41, 5.74) is 0.816. The number of rotatable bonds is 6. The fourth-order valence-electron chi connectivity index (χ4n) is 1.66. The first-order chi connectivity index (χ1) is 8.76. The number of anilines is 1. The Bertz CT molecular complexity index is 556. The predicted octanol–water partition coefficient (Wildman–Crippen LogP) is 1.39. The van der Waals surface area contributed by atoms with Gasteiger partial charge in [-0.15, -0.1) is 5.10 Å². The Morgan fingerprint density at radius 3 is 2.78 bits per heavy atom. The lowest BCUT2D eigenvalue weighted by atomic mass is 10.4. The quantitative estimate of drug-likeness (QED) is 0.859. The van der Waals surface area contributed by atoms with Crippen LogP contribution in [0.15, 0.2) is 17.2 Å². The topological polar surface area (TPSA) is 64.7 Å². The smallest absolute Gasteiger partial charge is 0.328 e. The molecule has 0 bridgehead atoms. The van der Waals surface area contributed by atoms with E-state index in [0.717, 1.165) is 23.7 Å². The molecule has 0 saturated heterocycles. The third-order valence-electron chi connectivity index (χ3n) is 2.67. The SMILES string of the molecule is CCCNc1snnc1Cn1ccn(CC)c1=O. The second-order valence-corrected chi connectivity index (χ2v) is 4.72. The summed E-state index contributed by atoms with van der Waals surface area (Å²) in [4.78, 5) is 11.9. The van der Waals surface area contributed by atoms with E-state index in [1.54, 1.807) is 21.5 Å². The van der Waals surface area contributed by atoms with Crippen LogP contribution in [-0.4, -0.2) is 25.3 Å². The molecule has 0 atom stereocenters. The van der Waals surface area contributed by atoms with Crippen molar-refractivity contribution in [3.05, 3.63) is 28.6 Å². The average Bonchev–Trinajstić information content (AvgIpc) is 2.95. The van der Waals surface area contributed by atoms with Crippen LogP contribution in [0.5, 0.6) is 0 Å². The lowest BCUT2D eigenvalue weighted by Crippen LogP contribution is -2.24. The molecule has 0 fully saturated rings. The number of nitrogens with one attached hydrogen (secondary N) is 1. The van der Waals surface area contributed by atoms with Crippen molar-refractivity contribution in [3.63, 3.8) is 0 Å². The zero-order valence-electron chi connectivity index (χ0n) is 10.6. The summed E-state index contributed by atoms with van der Waals surface area (Å²) in [6.45, 7) is 6.09. The molecular weight excluding hydrogens is 250 g/mol. The van der Waals surface area contributed by atoms with Gasteiger partial charge in [0.2, 0.25) is 0 Å². The maximum atomic E-state index is 11.9. The molecule has 0 aromatic carbocycles. The molecule has 0 amide bonds. The molecule has 2 aromatic heterocycles. The molecule has 18 heavy (non-hydrogen) atoms. The van der Waals surface area contributed by atoms with Crippen molar-refractivity contribution in [2.24, 2.45) is 0 Å². The van der Waals surface area contributed by atoms with Gasteiger partial charge in [-0.2, -0.15) is 0 Å². The molecule has 2 aromatic rings. The predicted molar refractivity (Wildman–Crippen MR) is 72.2 cm³/mol. The van der Waals surface area contributed by atoms with Gasteiger partial charge < -0.3 is 5.32 Å². The van der Waals surface area contributed by atoms with Crippen LogP contribution >= 0.6 is 11.5 Å². The van der Waals surface area contributed by atoms with Crippen molar-refractivity contribution >= 4 is 16.5 Å².